The van der Waals surface area contributed by atoms with Crippen molar-refractivity contribution in [1.82, 2.24) is 10.6 Å². The number of halogens is 1. The highest BCUT2D eigenvalue weighted by molar-refractivity contribution is 6.00. The molecular weight excluding hydrogens is 427 g/mol. The Bertz CT molecular complexity index is 1260. The van der Waals surface area contributed by atoms with Crippen molar-refractivity contribution in [1.29, 1.82) is 0 Å². The number of nitrogens with one attached hydrogen (secondary N) is 2. The van der Waals surface area contributed by atoms with Crippen LogP contribution in [0.5, 0.6) is 0 Å². The van der Waals surface area contributed by atoms with Gasteiger partial charge in [0.1, 0.15) is 11.9 Å². The van der Waals surface area contributed by atoms with Crippen LogP contribution < -0.4 is 10.6 Å². The minimum absolute atomic E-state index is 0.258. The Hall–Kier alpha value is -3.99. The molecule has 0 unspecified atom stereocenters. The maximum Gasteiger partial charge on any atom is 0.251 e. The highest BCUT2D eigenvalue weighted by Crippen LogP contribution is 2.16. The van der Waals surface area contributed by atoms with Crippen LogP contribution in [0.4, 0.5) is 4.39 Å². The molecule has 0 radical (unpaired) electrons. The van der Waals surface area contributed by atoms with Gasteiger partial charge >= 0.3 is 0 Å². The van der Waals surface area contributed by atoms with Crippen LogP contribution in [0, 0.1) is 5.82 Å². The van der Waals surface area contributed by atoms with Gasteiger partial charge < -0.3 is 10.6 Å². The molecule has 4 aromatic carbocycles. The van der Waals surface area contributed by atoms with E-state index in [1.54, 1.807) is 18.2 Å². The van der Waals surface area contributed by atoms with Crippen molar-refractivity contribution in [3.63, 3.8) is 0 Å². The number of hydrogen-bond donors (Lipinski definition) is 2. The zero-order valence-electron chi connectivity index (χ0n) is 18.8. The number of fused-ring (bicyclic) bond motifs is 1. The molecule has 4 nitrogen and oxygen atoms in total. The summed E-state index contributed by atoms with van der Waals surface area (Å²) in [5.41, 5.74) is 2.47. The third kappa shape index (κ3) is 6.29. The molecule has 2 amide bonds. The number of hydrogen-bond acceptors (Lipinski definition) is 2. The Labute approximate surface area is 198 Å². The third-order valence-corrected chi connectivity index (χ3v) is 5.77. The molecular formula is C29H27FN2O2. The molecule has 0 aromatic heterocycles. The standard InChI is InChI=1S/C29H27FN2O2/c30-26-16-12-22(13-17-26)19-27(29(34)31-18-6-9-21-7-2-1-3-8-21)32-28(33)25-15-14-23-10-4-5-11-24(23)20-25/h1-5,7-8,10-17,20,27H,6,9,18-19H2,(H,31,34)(H,32,33)/t27-/m0/s1. The molecule has 1 atom stereocenters. The van der Waals surface area contributed by atoms with Crippen LogP contribution >= 0.6 is 0 Å². The lowest BCUT2D eigenvalue weighted by Gasteiger charge is -2.19. The Morgan fingerprint density at radius 3 is 2.24 bits per heavy atom. The number of carbonyl (C=O) groups excluding carboxylic acids is 2. The Balaban J connectivity index is 1.43. The summed E-state index contributed by atoms with van der Waals surface area (Å²) in [5.74, 6) is -0.922. The first kappa shape index (κ1) is 23.2. The highest BCUT2D eigenvalue weighted by atomic mass is 19.1. The summed E-state index contributed by atoms with van der Waals surface area (Å²) in [4.78, 5) is 26.0. The average molecular weight is 455 g/mol. The fraction of sp³-hybridized carbons (Fsp3) is 0.172. The van der Waals surface area contributed by atoms with E-state index in [0.29, 0.717) is 12.1 Å². The highest BCUT2D eigenvalue weighted by Gasteiger charge is 2.22. The number of rotatable bonds is 9. The maximum atomic E-state index is 13.3. The van der Waals surface area contributed by atoms with Crippen LogP contribution in [0.1, 0.15) is 27.9 Å². The van der Waals surface area contributed by atoms with E-state index in [9.17, 15) is 14.0 Å². The molecule has 0 aliphatic rings. The topological polar surface area (TPSA) is 58.2 Å². The molecule has 0 bridgehead atoms. The van der Waals surface area contributed by atoms with Gasteiger partial charge in [-0.15, -0.1) is 0 Å². The lowest BCUT2D eigenvalue weighted by atomic mass is 10.0. The summed E-state index contributed by atoms with van der Waals surface area (Å²) in [7, 11) is 0. The molecule has 172 valence electrons. The average Bonchev–Trinajstić information content (AvgIpc) is 2.87. The first-order valence-electron chi connectivity index (χ1n) is 11.4. The molecule has 0 fully saturated rings. The van der Waals surface area contributed by atoms with Gasteiger partial charge in [0.05, 0.1) is 0 Å². The van der Waals surface area contributed by atoms with Crippen LogP contribution in [0.15, 0.2) is 97.1 Å². The zero-order chi connectivity index (χ0) is 23.8. The Kier molecular flexibility index (Phi) is 7.66. The second-order valence-corrected chi connectivity index (χ2v) is 8.30. The molecule has 0 saturated heterocycles. The smallest absolute Gasteiger partial charge is 0.251 e. The van der Waals surface area contributed by atoms with E-state index in [1.165, 1.54) is 17.7 Å². The third-order valence-electron chi connectivity index (χ3n) is 5.77. The van der Waals surface area contributed by atoms with Crippen LogP contribution in [0.3, 0.4) is 0 Å². The molecule has 0 aliphatic heterocycles. The number of benzene rings is 4. The van der Waals surface area contributed by atoms with Gasteiger partial charge in [-0.3, -0.25) is 9.59 Å². The van der Waals surface area contributed by atoms with E-state index >= 15 is 0 Å². The van der Waals surface area contributed by atoms with Gasteiger partial charge in [-0.1, -0.05) is 72.8 Å². The van der Waals surface area contributed by atoms with E-state index in [-0.39, 0.29) is 24.1 Å². The van der Waals surface area contributed by atoms with Gasteiger partial charge in [-0.05, 0) is 59.0 Å². The molecule has 0 saturated carbocycles. The summed E-state index contributed by atoms with van der Waals surface area (Å²) in [6.07, 6.45) is 1.91. The molecule has 34 heavy (non-hydrogen) atoms. The van der Waals surface area contributed by atoms with Crippen molar-refractivity contribution in [3.05, 3.63) is 120 Å². The van der Waals surface area contributed by atoms with Crippen molar-refractivity contribution in [2.75, 3.05) is 6.54 Å². The van der Waals surface area contributed by atoms with Gasteiger partial charge in [0, 0.05) is 18.5 Å². The summed E-state index contributed by atoms with van der Waals surface area (Å²) >= 11 is 0. The second-order valence-electron chi connectivity index (χ2n) is 8.30. The van der Waals surface area contributed by atoms with E-state index < -0.39 is 6.04 Å². The molecule has 4 rings (SSSR count). The van der Waals surface area contributed by atoms with E-state index in [0.717, 1.165) is 29.2 Å². The Morgan fingerprint density at radius 2 is 1.47 bits per heavy atom. The van der Waals surface area contributed by atoms with E-state index in [2.05, 4.69) is 22.8 Å². The minimum Gasteiger partial charge on any atom is -0.354 e. The summed E-state index contributed by atoms with van der Waals surface area (Å²) < 4.78 is 13.3. The first-order chi connectivity index (χ1) is 16.6. The SMILES string of the molecule is O=C(N[C@@H](Cc1ccc(F)cc1)C(=O)NCCCc1ccccc1)c1ccc2ccccc2c1. The molecule has 4 aromatic rings. The van der Waals surface area contributed by atoms with Crippen LogP contribution in [0.2, 0.25) is 0 Å². The first-order valence-corrected chi connectivity index (χ1v) is 11.4. The van der Waals surface area contributed by atoms with Crippen LogP contribution in [0.25, 0.3) is 10.8 Å². The quantitative estimate of drug-likeness (QED) is 0.347. The summed E-state index contributed by atoms with van der Waals surface area (Å²) in [6.45, 7) is 0.499. The lowest BCUT2D eigenvalue weighted by molar-refractivity contribution is -0.122. The van der Waals surface area contributed by atoms with Gasteiger partial charge in [0.15, 0.2) is 0 Å². The lowest BCUT2D eigenvalue weighted by Crippen LogP contribution is -2.48. The Morgan fingerprint density at radius 1 is 0.765 bits per heavy atom. The summed E-state index contributed by atoms with van der Waals surface area (Å²) in [6, 6.07) is 28.5. The van der Waals surface area contributed by atoms with Crippen molar-refractivity contribution < 1.29 is 14.0 Å². The molecule has 0 aliphatic carbocycles. The number of aryl methyl sites for hydroxylation is 1. The number of carbonyl (C=O) groups is 2. The van der Waals surface area contributed by atoms with Gasteiger partial charge in [-0.25, -0.2) is 4.39 Å². The number of amides is 2. The molecule has 2 N–H and O–H groups in total. The predicted molar refractivity (Wildman–Crippen MR) is 133 cm³/mol. The zero-order valence-corrected chi connectivity index (χ0v) is 18.8. The van der Waals surface area contributed by atoms with Crippen LogP contribution in [-0.4, -0.2) is 24.4 Å². The van der Waals surface area contributed by atoms with Gasteiger partial charge in [0.2, 0.25) is 5.91 Å². The molecule has 0 spiro atoms. The minimum atomic E-state index is -0.777. The predicted octanol–water partition coefficient (Wildman–Crippen LogP) is 5.07. The van der Waals surface area contributed by atoms with Crippen molar-refractivity contribution >= 4 is 22.6 Å². The monoisotopic (exact) mass is 454 g/mol. The van der Waals surface area contributed by atoms with Crippen molar-refractivity contribution in [2.45, 2.75) is 25.3 Å². The van der Waals surface area contributed by atoms with Gasteiger partial charge in [-0.2, -0.15) is 0 Å². The van der Waals surface area contributed by atoms with Crippen molar-refractivity contribution in [2.24, 2.45) is 0 Å². The van der Waals surface area contributed by atoms with Gasteiger partial charge in [0.25, 0.3) is 5.91 Å². The molecule has 0 heterocycles. The normalized spacial score (nSPS) is 11.7. The largest absolute Gasteiger partial charge is 0.354 e. The fourth-order valence-electron chi connectivity index (χ4n) is 3.91. The van der Waals surface area contributed by atoms with E-state index in [4.69, 9.17) is 0 Å². The molecule has 5 heteroatoms. The van der Waals surface area contributed by atoms with E-state index in [1.807, 2.05) is 54.6 Å². The fourth-order valence-corrected chi connectivity index (χ4v) is 3.91. The summed E-state index contributed by atoms with van der Waals surface area (Å²) in [5, 5.41) is 7.81. The maximum absolute atomic E-state index is 13.3. The second kappa shape index (κ2) is 11.2. The van der Waals surface area contributed by atoms with Crippen LogP contribution in [-0.2, 0) is 17.6 Å². The van der Waals surface area contributed by atoms with Crippen molar-refractivity contribution in [3.8, 4) is 0 Å².